The van der Waals surface area contributed by atoms with Crippen molar-refractivity contribution in [1.29, 1.82) is 0 Å². The second-order valence-corrected chi connectivity index (χ2v) is 4.81. The molecule has 0 aromatic heterocycles. The molecule has 0 aliphatic rings. The zero-order valence-electron chi connectivity index (χ0n) is 14.2. The summed E-state index contributed by atoms with van der Waals surface area (Å²) >= 11 is 0. The van der Waals surface area contributed by atoms with Gasteiger partial charge in [0.1, 0.15) is 5.75 Å². The van der Waals surface area contributed by atoms with Gasteiger partial charge in [-0.1, -0.05) is 12.1 Å². The lowest BCUT2D eigenvalue weighted by atomic mass is 10.2. The van der Waals surface area contributed by atoms with Gasteiger partial charge < -0.3 is 25.8 Å². The quantitative estimate of drug-likeness (QED) is 0.197. The first kappa shape index (κ1) is 22.4. The van der Waals surface area contributed by atoms with Crippen LogP contribution in [0.4, 0.5) is 0 Å². The number of phenols is 1. The van der Waals surface area contributed by atoms with Crippen molar-refractivity contribution >= 4 is 35.8 Å². The highest BCUT2D eigenvalue weighted by molar-refractivity contribution is 14.0. The van der Waals surface area contributed by atoms with Crippen LogP contribution in [-0.4, -0.2) is 56.9 Å². The second kappa shape index (κ2) is 13.8. The smallest absolute Gasteiger partial charge is 0.255 e. The van der Waals surface area contributed by atoms with Crippen LogP contribution in [0, 0.1) is 0 Å². The van der Waals surface area contributed by atoms with E-state index in [0.717, 1.165) is 13.0 Å². The summed E-state index contributed by atoms with van der Waals surface area (Å²) < 4.78 is 4.98. The summed E-state index contributed by atoms with van der Waals surface area (Å²) in [6.45, 7) is 5.07. The molecule has 0 radical (unpaired) electrons. The van der Waals surface area contributed by atoms with Crippen LogP contribution in [0.2, 0.25) is 0 Å². The largest absolute Gasteiger partial charge is 0.507 e. The number of carbonyl (C=O) groups is 1. The molecule has 7 nitrogen and oxygen atoms in total. The Morgan fingerprint density at radius 1 is 1.21 bits per heavy atom. The van der Waals surface area contributed by atoms with Crippen LogP contribution in [0.1, 0.15) is 23.7 Å². The van der Waals surface area contributed by atoms with E-state index in [1.54, 1.807) is 25.3 Å². The average Bonchev–Trinajstić information content (AvgIpc) is 2.55. The van der Waals surface area contributed by atoms with E-state index in [-0.39, 0.29) is 41.2 Å². The van der Waals surface area contributed by atoms with Crippen LogP contribution < -0.4 is 16.0 Å². The van der Waals surface area contributed by atoms with E-state index in [1.807, 2.05) is 6.92 Å². The van der Waals surface area contributed by atoms with Crippen molar-refractivity contribution < 1.29 is 14.6 Å². The number of aliphatic imine (C=N–C) groups is 1. The van der Waals surface area contributed by atoms with Gasteiger partial charge in [0.25, 0.3) is 5.91 Å². The Kier molecular flexibility index (Phi) is 13.0. The normalized spacial score (nSPS) is 10.7. The SMILES string of the molecule is CCNC(=NCCCOC)NCCNC(=O)c1ccccc1O.I. The Labute approximate surface area is 160 Å². The minimum Gasteiger partial charge on any atom is -0.507 e. The Balaban J connectivity index is 0.00000529. The maximum absolute atomic E-state index is 11.9. The summed E-state index contributed by atoms with van der Waals surface area (Å²) in [5.41, 5.74) is 0.271. The van der Waals surface area contributed by atoms with Gasteiger partial charge in [0, 0.05) is 39.9 Å². The van der Waals surface area contributed by atoms with Crippen LogP contribution in [0.3, 0.4) is 0 Å². The van der Waals surface area contributed by atoms with Crippen molar-refractivity contribution in [1.82, 2.24) is 16.0 Å². The summed E-state index contributed by atoms with van der Waals surface area (Å²) in [4.78, 5) is 16.3. The maximum atomic E-state index is 11.9. The molecule has 0 aliphatic carbocycles. The van der Waals surface area contributed by atoms with Crippen LogP contribution in [0.5, 0.6) is 5.75 Å². The number of ether oxygens (including phenoxy) is 1. The average molecular weight is 450 g/mol. The molecule has 0 unspecified atom stereocenters. The third kappa shape index (κ3) is 8.92. The van der Waals surface area contributed by atoms with Gasteiger partial charge in [-0.2, -0.15) is 0 Å². The number of nitrogens with one attached hydrogen (secondary N) is 3. The van der Waals surface area contributed by atoms with Gasteiger partial charge in [-0.05, 0) is 25.5 Å². The minimum absolute atomic E-state index is 0. The standard InChI is InChI=1S/C16H26N4O3.HI/c1-3-17-16(19-9-6-12-23-2)20-11-10-18-15(22)13-7-4-5-8-14(13)21;/h4-5,7-8,21H,3,6,9-12H2,1-2H3,(H,18,22)(H2,17,19,20);1H. The Morgan fingerprint density at radius 3 is 2.58 bits per heavy atom. The fraction of sp³-hybridized carbons (Fsp3) is 0.500. The maximum Gasteiger partial charge on any atom is 0.255 e. The molecule has 0 heterocycles. The molecular weight excluding hydrogens is 423 g/mol. The number of halogens is 1. The molecule has 1 rings (SSSR count). The number of hydrogen-bond donors (Lipinski definition) is 4. The highest BCUT2D eigenvalue weighted by Gasteiger charge is 2.08. The number of amides is 1. The number of nitrogens with zero attached hydrogens (tertiary/aromatic N) is 1. The van der Waals surface area contributed by atoms with Crippen molar-refractivity contribution in [2.75, 3.05) is 39.9 Å². The number of carbonyl (C=O) groups excluding carboxylic acids is 1. The lowest BCUT2D eigenvalue weighted by Crippen LogP contribution is -2.41. The topological polar surface area (TPSA) is 95.0 Å². The molecular formula is C16H27IN4O3. The first-order valence-corrected chi connectivity index (χ1v) is 7.76. The predicted molar refractivity (Wildman–Crippen MR) is 106 cm³/mol. The summed E-state index contributed by atoms with van der Waals surface area (Å²) in [5.74, 6) is 0.387. The van der Waals surface area contributed by atoms with Crippen LogP contribution >= 0.6 is 24.0 Å². The number of guanidine groups is 1. The number of aromatic hydroxyl groups is 1. The van der Waals surface area contributed by atoms with Crippen LogP contribution in [0.25, 0.3) is 0 Å². The van der Waals surface area contributed by atoms with Crippen molar-refractivity contribution in [3.8, 4) is 5.75 Å². The van der Waals surface area contributed by atoms with E-state index < -0.39 is 0 Å². The Bertz CT molecular complexity index is 512. The first-order chi connectivity index (χ1) is 11.2. The predicted octanol–water partition coefficient (Wildman–Crippen LogP) is 1.33. The van der Waals surface area contributed by atoms with Gasteiger partial charge >= 0.3 is 0 Å². The molecule has 0 aliphatic heterocycles. The summed E-state index contributed by atoms with van der Waals surface area (Å²) in [6.07, 6.45) is 0.858. The van der Waals surface area contributed by atoms with Gasteiger partial charge in [-0.25, -0.2) is 0 Å². The lowest BCUT2D eigenvalue weighted by molar-refractivity contribution is 0.0951. The van der Waals surface area contributed by atoms with E-state index in [0.29, 0.717) is 32.2 Å². The molecule has 0 fully saturated rings. The molecule has 136 valence electrons. The van der Waals surface area contributed by atoms with E-state index in [9.17, 15) is 9.90 Å². The summed E-state index contributed by atoms with van der Waals surface area (Å²) in [7, 11) is 1.67. The van der Waals surface area contributed by atoms with Gasteiger partial charge in [0.15, 0.2) is 5.96 Å². The third-order valence-corrected chi connectivity index (χ3v) is 2.97. The Hall–Kier alpha value is -1.55. The first-order valence-electron chi connectivity index (χ1n) is 7.76. The van der Waals surface area contributed by atoms with E-state index in [4.69, 9.17) is 4.74 Å². The summed E-state index contributed by atoms with van der Waals surface area (Å²) in [6, 6.07) is 6.46. The second-order valence-electron chi connectivity index (χ2n) is 4.81. The number of phenolic OH excluding ortho intramolecular Hbond substituents is 1. The fourth-order valence-electron chi connectivity index (χ4n) is 1.86. The number of para-hydroxylation sites is 1. The van der Waals surface area contributed by atoms with Gasteiger partial charge in [-0.15, -0.1) is 24.0 Å². The van der Waals surface area contributed by atoms with Gasteiger partial charge in [0.05, 0.1) is 5.56 Å². The minimum atomic E-state index is -0.299. The van der Waals surface area contributed by atoms with Crippen molar-refractivity contribution in [3.05, 3.63) is 29.8 Å². The molecule has 0 saturated heterocycles. The monoisotopic (exact) mass is 450 g/mol. The number of methoxy groups -OCH3 is 1. The van der Waals surface area contributed by atoms with Gasteiger partial charge in [0.2, 0.25) is 0 Å². The number of benzene rings is 1. The van der Waals surface area contributed by atoms with Crippen LogP contribution in [-0.2, 0) is 4.74 Å². The molecule has 24 heavy (non-hydrogen) atoms. The molecule has 1 aromatic carbocycles. The molecule has 4 N–H and O–H groups in total. The summed E-state index contributed by atoms with van der Waals surface area (Å²) in [5, 5.41) is 18.6. The molecule has 0 atom stereocenters. The van der Waals surface area contributed by atoms with E-state index >= 15 is 0 Å². The number of hydrogen-bond acceptors (Lipinski definition) is 4. The zero-order chi connectivity index (χ0) is 16.9. The molecule has 8 heteroatoms. The van der Waals surface area contributed by atoms with Crippen molar-refractivity contribution in [3.63, 3.8) is 0 Å². The van der Waals surface area contributed by atoms with Gasteiger partial charge in [-0.3, -0.25) is 9.79 Å². The van der Waals surface area contributed by atoms with E-state index in [2.05, 4.69) is 20.9 Å². The van der Waals surface area contributed by atoms with Crippen LogP contribution in [0.15, 0.2) is 29.3 Å². The molecule has 0 spiro atoms. The Morgan fingerprint density at radius 2 is 1.92 bits per heavy atom. The lowest BCUT2D eigenvalue weighted by Gasteiger charge is -2.12. The van der Waals surface area contributed by atoms with Crippen molar-refractivity contribution in [2.24, 2.45) is 4.99 Å². The van der Waals surface area contributed by atoms with E-state index in [1.165, 1.54) is 6.07 Å². The highest BCUT2D eigenvalue weighted by Crippen LogP contribution is 2.14. The number of rotatable bonds is 9. The highest BCUT2D eigenvalue weighted by atomic mass is 127. The van der Waals surface area contributed by atoms with Crippen molar-refractivity contribution in [2.45, 2.75) is 13.3 Å². The zero-order valence-corrected chi connectivity index (χ0v) is 16.5. The molecule has 1 aromatic rings. The molecule has 0 bridgehead atoms. The molecule has 0 saturated carbocycles. The third-order valence-electron chi connectivity index (χ3n) is 2.97. The fourth-order valence-corrected chi connectivity index (χ4v) is 1.86. The molecule has 1 amide bonds.